The van der Waals surface area contributed by atoms with Crippen LogP contribution in [0.3, 0.4) is 0 Å². The lowest BCUT2D eigenvalue weighted by molar-refractivity contribution is -0.151. The number of allylic oxidation sites excluding steroid dienone is 1. The molecule has 0 bridgehead atoms. The third kappa shape index (κ3) is 7.48. The van der Waals surface area contributed by atoms with Crippen molar-refractivity contribution in [2.75, 3.05) is 0 Å². The monoisotopic (exact) mass is 569 g/mol. The zero-order valence-electron chi connectivity index (χ0n) is 28.4. The molecule has 2 nitrogen and oxygen atoms in total. The standard InChI is InChI=1S/C39H68O2/c1-8-10-11-12-13-14-15-16-37(40)41-32-23-25-38(6)31(27-32)19-20-33-35-22-21-34(39(35,7)26-24-36(33)38)29(5)17-18-30(9-2)28(3)4/h19,28-30,32-36H,8-18,20-27H2,1-7H3. The second kappa shape index (κ2) is 14.8. The van der Waals surface area contributed by atoms with Gasteiger partial charge in [-0.15, -0.1) is 0 Å². The second-order valence-corrected chi connectivity index (χ2v) is 16.2. The number of carbonyl (C=O) groups is 1. The van der Waals surface area contributed by atoms with Crippen LogP contribution in [0, 0.1) is 52.3 Å². The van der Waals surface area contributed by atoms with E-state index in [1.54, 1.807) is 5.57 Å². The number of hydrogen-bond donors (Lipinski definition) is 0. The Morgan fingerprint density at radius 3 is 2.34 bits per heavy atom. The van der Waals surface area contributed by atoms with Gasteiger partial charge in [0.15, 0.2) is 0 Å². The van der Waals surface area contributed by atoms with E-state index in [1.165, 1.54) is 96.3 Å². The van der Waals surface area contributed by atoms with Crippen LogP contribution in [-0.4, -0.2) is 12.1 Å². The molecule has 0 radical (unpaired) electrons. The van der Waals surface area contributed by atoms with Crippen molar-refractivity contribution in [1.82, 2.24) is 0 Å². The fraction of sp³-hybridized carbons (Fsp3) is 0.923. The fourth-order valence-electron chi connectivity index (χ4n) is 10.9. The summed E-state index contributed by atoms with van der Waals surface area (Å²) in [6.45, 7) is 17.4. The van der Waals surface area contributed by atoms with E-state index in [9.17, 15) is 4.79 Å². The summed E-state index contributed by atoms with van der Waals surface area (Å²) in [4.78, 5) is 12.7. The molecule has 0 amide bonds. The number of rotatable bonds is 15. The normalized spacial score (nSPS) is 36.2. The van der Waals surface area contributed by atoms with Gasteiger partial charge in [0.05, 0.1) is 0 Å². The molecular weight excluding hydrogens is 500 g/mol. The Morgan fingerprint density at radius 2 is 1.63 bits per heavy atom. The molecule has 0 aromatic carbocycles. The van der Waals surface area contributed by atoms with Gasteiger partial charge in [0.25, 0.3) is 0 Å². The van der Waals surface area contributed by atoms with Crippen LogP contribution in [0.25, 0.3) is 0 Å². The summed E-state index contributed by atoms with van der Waals surface area (Å²) < 4.78 is 6.07. The molecule has 0 saturated heterocycles. The molecule has 3 saturated carbocycles. The van der Waals surface area contributed by atoms with Crippen molar-refractivity contribution in [1.29, 1.82) is 0 Å². The first-order valence-corrected chi connectivity index (χ1v) is 18.5. The molecule has 0 aliphatic heterocycles. The summed E-state index contributed by atoms with van der Waals surface area (Å²) in [6.07, 6.45) is 26.7. The molecule has 4 aliphatic rings. The third-order valence-electron chi connectivity index (χ3n) is 13.6. The number of esters is 1. The van der Waals surface area contributed by atoms with E-state index in [2.05, 4.69) is 54.5 Å². The van der Waals surface area contributed by atoms with Crippen molar-refractivity contribution in [2.24, 2.45) is 52.3 Å². The minimum absolute atomic E-state index is 0.0552. The van der Waals surface area contributed by atoms with Gasteiger partial charge in [0.1, 0.15) is 6.10 Å². The summed E-state index contributed by atoms with van der Waals surface area (Å²) in [5, 5.41) is 0. The summed E-state index contributed by atoms with van der Waals surface area (Å²) in [6, 6.07) is 0. The third-order valence-corrected chi connectivity index (χ3v) is 13.6. The van der Waals surface area contributed by atoms with Crippen LogP contribution >= 0.6 is 0 Å². The molecule has 9 unspecified atom stereocenters. The number of hydrogen-bond acceptors (Lipinski definition) is 2. The van der Waals surface area contributed by atoms with Crippen molar-refractivity contribution in [3.05, 3.63) is 11.6 Å². The van der Waals surface area contributed by atoms with Gasteiger partial charge in [0.2, 0.25) is 0 Å². The van der Waals surface area contributed by atoms with Gasteiger partial charge in [-0.05, 0) is 110 Å². The van der Waals surface area contributed by atoms with E-state index in [0.717, 1.165) is 60.7 Å². The van der Waals surface area contributed by atoms with Gasteiger partial charge in [-0.3, -0.25) is 4.79 Å². The Morgan fingerprint density at radius 1 is 0.902 bits per heavy atom. The second-order valence-electron chi connectivity index (χ2n) is 16.2. The molecule has 0 N–H and O–H groups in total. The molecule has 4 rings (SSSR count). The predicted molar refractivity (Wildman–Crippen MR) is 175 cm³/mol. The molecule has 0 spiro atoms. The lowest BCUT2D eigenvalue weighted by Gasteiger charge is -2.58. The van der Waals surface area contributed by atoms with Crippen LogP contribution < -0.4 is 0 Å². The first kappa shape index (κ1) is 33.1. The molecule has 4 aliphatic carbocycles. The van der Waals surface area contributed by atoms with Crippen LogP contribution in [0.15, 0.2) is 11.6 Å². The predicted octanol–water partition coefficient (Wildman–Crippen LogP) is 11.7. The number of carbonyl (C=O) groups excluding carboxylic acids is 1. The van der Waals surface area contributed by atoms with Crippen molar-refractivity contribution < 1.29 is 9.53 Å². The average molecular weight is 569 g/mol. The number of unbranched alkanes of at least 4 members (excludes halogenated alkanes) is 6. The van der Waals surface area contributed by atoms with Crippen molar-refractivity contribution in [3.8, 4) is 0 Å². The Hall–Kier alpha value is -0.790. The SMILES string of the molecule is CCCCCCCCCC(=O)OC1CCC2(C)C(=CCC3C2CCC2(C)C(C(C)CCC(CC)C(C)C)CCC32)C1. The van der Waals surface area contributed by atoms with Crippen molar-refractivity contribution in [3.63, 3.8) is 0 Å². The fourth-order valence-corrected chi connectivity index (χ4v) is 10.9. The molecular formula is C39H68O2. The topological polar surface area (TPSA) is 26.3 Å². The minimum Gasteiger partial charge on any atom is -0.462 e. The highest BCUT2D eigenvalue weighted by molar-refractivity contribution is 5.69. The van der Waals surface area contributed by atoms with E-state index in [0.29, 0.717) is 17.3 Å². The summed E-state index contributed by atoms with van der Waals surface area (Å²) >= 11 is 0. The quantitative estimate of drug-likeness (QED) is 0.112. The van der Waals surface area contributed by atoms with E-state index >= 15 is 0 Å². The largest absolute Gasteiger partial charge is 0.462 e. The zero-order valence-corrected chi connectivity index (χ0v) is 28.4. The van der Waals surface area contributed by atoms with E-state index in [1.807, 2.05) is 0 Å². The Kier molecular flexibility index (Phi) is 11.9. The molecule has 0 aromatic heterocycles. The van der Waals surface area contributed by atoms with Gasteiger partial charge in [0, 0.05) is 12.8 Å². The van der Waals surface area contributed by atoms with Crippen LogP contribution in [0.1, 0.15) is 170 Å². The Labute approximate surface area is 255 Å². The molecule has 3 fully saturated rings. The van der Waals surface area contributed by atoms with Gasteiger partial charge in [-0.1, -0.05) is 111 Å². The molecule has 0 heterocycles. The van der Waals surface area contributed by atoms with Crippen molar-refractivity contribution >= 4 is 5.97 Å². The highest BCUT2D eigenvalue weighted by atomic mass is 16.5. The highest BCUT2D eigenvalue weighted by Crippen LogP contribution is 2.67. The van der Waals surface area contributed by atoms with Gasteiger partial charge < -0.3 is 4.74 Å². The highest BCUT2D eigenvalue weighted by Gasteiger charge is 2.59. The van der Waals surface area contributed by atoms with Crippen LogP contribution in [-0.2, 0) is 9.53 Å². The molecule has 2 heteroatoms. The van der Waals surface area contributed by atoms with E-state index in [4.69, 9.17) is 4.74 Å². The Bertz CT molecular complexity index is 858. The van der Waals surface area contributed by atoms with E-state index in [-0.39, 0.29) is 12.1 Å². The summed E-state index contributed by atoms with van der Waals surface area (Å²) in [5.74, 6) is 6.18. The first-order chi connectivity index (χ1) is 19.6. The molecule has 0 aromatic rings. The summed E-state index contributed by atoms with van der Waals surface area (Å²) in [7, 11) is 0. The minimum atomic E-state index is 0.0552. The lowest BCUT2D eigenvalue weighted by atomic mass is 9.47. The average Bonchev–Trinajstić information content (AvgIpc) is 3.30. The maximum absolute atomic E-state index is 12.7. The van der Waals surface area contributed by atoms with Crippen LogP contribution in [0.5, 0.6) is 0 Å². The molecule has 9 atom stereocenters. The zero-order chi connectivity index (χ0) is 29.6. The van der Waals surface area contributed by atoms with Crippen molar-refractivity contribution in [2.45, 2.75) is 177 Å². The first-order valence-electron chi connectivity index (χ1n) is 18.5. The Balaban J connectivity index is 1.30. The number of fused-ring (bicyclic) bond motifs is 5. The molecule has 41 heavy (non-hydrogen) atoms. The van der Waals surface area contributed by atoms with Crippen LogP contribution in [0.2, 0.25) is 0 Å². The summed E-state index contributed by atoms with van der Waals surface area (Å²) in [5.41, 5.74) is 2.52. The van der Waals surface area contributed by atoms with Gasteiger partial charge in [-0.2, -0.15) is 0 Å². The van der Waals surface area contributed by atoms with Crippen LogP contribution in [0.4, 0.5) is 0 Å². The maximum Gasteiger partial charge on any atom is 0.306 e. The maximum atomic E-state index is 12.7. The van der Waals surface area contributed by atoms with Gasteiger partial charge >= 0.3 is 5.97 Å². The number of ether oxygens (including phenoxy) is 1. The molecule has 236 valence electrons. The van der Waals surface area contributed by atoms with E-state index < -0.39 is 0 Å². The lowest BCUT2D eigenvalue weighted by Crippen LogP contribution is -2.51. The smallest absolute Gasteiger partial charge is 0.306 e. The van der Waals surface area contributed by atoms with Gasteiger partial charge in [-0.25, -0.2) is 0 Å².